The molecule has 106 valence electrons. The molecule has 1 aromatic carbocycles. The Morgan fingerprint density at radius 1 is 1.33 bits per heavy atom. The number of aromatic amines is 1. The van der Waals surface area contributed by atoms with Gasteiger partial charge in [-0.3, -0.25) is 5.10 Å². The van der Waals surface area contributed by atoms with Gasteiger partial charge in [0.1, 0.15) is 0 Å². The average Bonchev–Trinajstić information content (AvgIpc) is 3.10. The van der Waals surface area contributed by atoms with Crippen LogP contribution in [0, 0.1) is 11.7 Å². The molecule has 6 heteroatoms. The van der Waals surface area contributed by atoms with Crippen molar-refractivity contribution in [2.75, 3.05) is 0 Å². The molecule has 0 aliphatic rings. The van der Waals surface area contributed by atoms with Crippen molar-refractivity contribution in [1.82, 2.24) is 14.9 Å². The van der Waals surface area contributed by atoms with Gasteiger partial charge in [0, 0.05) is 11.3 Å². The molecule has 2 aromatic heterocycles. The lowest BCUT2D eigenvalue weighted by Crippen LogP contribution is -1.99. The summed E-state index contributed by atoms with van der Waals surface area (Å²) in [7, 11) is 0. The van der Waals surface area contributed by atoms with Gasteiger partial charge in [-0.15, -0.1) is 11.3 Å². The van der Waals surface area contributed by atoms with Gasteiger partial charge in [-0.25, -0.2) is 0 Å². The molecule has 0 radical (unpaired) electrons. The fraction of sp³-hybridized carbons (Fsp3) is 0.133. The van der Waals surface area contributed by atoms with Crippen LogP contribution >= 0.6 is 23.6 Å². The predicted molar refractivity (Wildman–Crippen MR) is 88.7 cm³/mol. The number of aryl methyl sites for hydroxylation is 1. The minimum atomic E-state index is 0.505. The predicted octanol–water partition coefficient (Wildman–Crippen LogP) is 3.78. The summed E-state index contributed by atoms with van der Waals surface area (Å²) in [5.41, 5.74) is 2.26. The van der Waals surface area contributed by atoms with E-state index in [0.717, 1.165) is 17.8 Å². The SMILES string of the molecule is Cc1ccc(/C=N\n2c(Cc3cccs3)n[nH]c2=S)cc1. The highest BCUT2D eigenvalue weighted by Gasteiger charge is 2.06. The molecular formula is C15H14N4S2. The van der Waals surface area contributed by atoms with E-state index in [1.165, 1.54) is 10.4 Å². The van der Waals surface area contributed by atoms with E-state index in [0.29, 0.717) is 4.77 Å². The van der Waals surface area contributed by atoms with E-state index >= 15 is 0 Å². The molecule has 3 aromatic rings. The van der Waals surface area contributed by atoms with Gasteiger partial charge < -0.3 is 0 Å². The first-order chi connectivity index (χ1) is 10.2. The second-order valence-corrected chi connectivity index (χ2v) is 6.09. The van der Waals surface area contributed by atoms with Crippen LogP contribution in [0.3, 0.4) is 0 Å². The second-order valence-electron chi connectivity index (χ2n) is 4.67. The van der Waals surface area contributed by atoms with Crippen molar-refractivity contribution in [3.63, 3.8) is 0 Å². The summed E-state index contributed by atoms with van der Waals surface area (Å²) in [5.74, 6) is 0.811. The van der Waals surface area contributed by atoms with Gasteiger partial charge in [0.05, 0.1) is 6.21 Å². The Labute approximate surface area is 131 Å². The molecule has 4 nitrogen and oxygen atoms in total. The Hall–Kier alpha value is -2.05. The molecule has 0 aliphatic carbocycles. The van der Waals surface area contributed by atoms with Crippen molar-refractivity contribution in [1.29, 1.82) is 0 Å². The zero-order valence-electron chi connectivity index (χ0n) is 11.5. The van der Waals surface area contributed by atoms with Crippen molar-refractivity contribution >= 4 is 29.8 Å². The van der Waals surface area contributed by atoms with Crippen LogP contribution < -0.4 is 0 Å². The van der Waals surface area contributed by atoms with E-state index in [1.807, 2.05) is 18.2 Å². The fourth-order valence-corrected chi connectivity index (χ4v) is 2.80. The molecule has 0 fully saturated rings. The maximum atomic E-state index is 5.24. The van der Waals surface area contributed by atoms with Gasteiger partial charge in [-0.1, -0.05) is 35.9 Å². The second kappa shape index (κ2) is 6.15. The molecule has 0 spiro atoms. The number of H-pyrrole nitrogens is 1. The minimum Gasteiger partial charge on any atom is -0.250 e. The van der Waals surface area contributed by atoms with Crippen molar-refractivity contribution < 1.29 is 0 Å². The number of thiophene rings is 1. The zero-order chi connectivity index (χ0) is 14.7. The molecule has 21 heavy (non-hydrogen) atoms. The molecule has 0 aliphatic heterocycles. The zero-order valence-corrected chi connectivity index (χ0v) is 13.1. The van der Waals surface area contributed by atoms with E-state index in [2.05, 4.69) is 45.8 Å². The highest BCUT2D eigenvalue weighted by atomic mass is 32.1. The summed E-state index contributed by atoms with van der Waals surface area (Å²) in [6, 6.07) is 12.3. The molecule has 3 rings (SSSR count). The minimum absolute atomic E-state index is 0.505. The Kier molecular flexibility index (Phi) is 4.08. The first kappa shape index (κ1) is 13.9. The number of aromatic nitrogens is 3. The summed E-state index contributed by atoms with van der Waals surface area (Å²) in [6.45, 7) is 2.06. The first-order valence-electron chi connectivity index (χ1n) is 6.52. The summed E-state index contributed by atoms with van der Waals surface area (Å²) < 4.78 is 2.18. The van der Waals surface area contributed by atoms with Gasteiger partial charge in [0.15, 0.2) is 5.82 Å². The van der Waals surface area contributed by atoms with E-state index < -0.39 is 0 Å². The largest absolute Gasteiger partial charge is 0.250 e. The fourth-order valence-electron chi connectivity index (χ4n) is 1.90. The summed E-state index contributed by atoms with van der Waals surface area (Å²) >= 11 is 6.94. The maximum Gasteiger partial charge on any atom is 0.216 e. The molecule has 0 bridgehead atoms. The number of hydrogen-bond donors (Lipinski definition) is 1. The standard InChI is InChI=1S/C15H14N4S2/c1-11-4-6-12(7-5-11)10-16-19-14(17-18-15(19)20)9-13-3-2-8-21-13/h2-8,10H,9H2,1H3,(H,18,20)/b16-10-. The third-order valence-corrected chi connectivity index (χ3v) is 4.17. The van der Waals surface area contributed by atoms with E-state index in [9.17, 15) is 0 Å². The smallest absolute Gasteiger partial charge is 0.216 e. The number of nitrogens with zero attached hydrogens (tertiary/aromatic N) is 3. The van der Waals surface area contributed by atoms with Crippen molar-refractivity contribution in [3.05, 3.63) is 68.4 Å². The summed E-state index contributed by atoms with van der Waals surface area (Å²) in [6.07, 6.45) is 2.51. The van der Waals surface area contributed by atoms with E-state index in [1.54, 1.807) is 22.2 Å². The number of hydrogen-bond acceptors (Lipinski definition) is 4. The Morgan fingerprint density at radius 2 is 2.14 bits per heavy atom. The van der Waals surface area contributed by atoms with Gasteiger partial charge in [0.25, 0.3) is 0 Å². The molecular weight excluding hydrogens is 300 g/mol. The molecule has 0 atom stereocenters. The summed E-state index contributed by atoms with van der Waals surface area (Å²) in [4.78, 5) is 1.23. The number of benzene rings is 1. The highest BCUT2D eigenvalue weighted by molar-refractivity contribution is 7.71. The van der Waals surface area contributed by atoms with E-state index in [-0.39, 0.29) is 0 Å². The Bertz CT molecular complexity index is 795. The normalized spacial score (nSPS) is 11.3. The lowest BCUT2D eigenvalue weighted by Gasteiger charge is -1.99. The average molecular weight is 314 g/mol. The topological polar surface area (TPSA) is 46.0 Å². The molecule has 0 unspecified atom stereocenters. The monoisotopic (exact) mass is 314 g/mol. The number of rotatable bonds is 4. The van der Waals surface area contributed by atoms with Crippen LogP contribution in [0.15, 0.2) is 46.9 Å². The Balaban J connectivity index is 1.86. The molecule has 1 N–H and O–H groups in total. The van der Waals surface area contributed by atoms with Crippen LogP contribution in [0.2, 0.25) is 0 Å². The van der Waals surface area contributed by atoms with Gasteiger partial charge in [-0.05, 0) is 36.2 Å². The quantitative estimate of drug-likeness (QED) is 0.588. The molecule has 2 heterocycles. The van der Waals surface area contributed by atoms with Gasteiger partial charge in [0.2, 0.25) is 4.77 Å². The van der Waals surface area contributed by atoms with Crippen LogP contribution in [0.5, 0.6) is 0 Å². The number of nitrogens with one attached hydrogen (secondary N) is 1. The summed E-state index contributed by atoms with van der Waals surface area (Å²) in [5, 5.41) is 13.6. The third-order valence-electron chi connectivity index (χ3n) is 3.03. The van der Waals surface area contributed by atoms with Crippen LogP contribution in [-0.4, -0.2) is 21.1 Å². The van der Waals surface area contributed by atoms with Crippen LogP contribution in [-0.2, 0) is 6.42 Å². The maximum absolute atomic E-state index is 5.24. The van der Waals surface area contributed by atoms with E-state index in [4.69, 9.17) is 12.2 Å². The van der Waals surface area contributed by atoms with Gasteiger partial charge in [-0.2, -0.15) is 14.9 Å². The molecule has 0 saturated carbocycles. The third kappa shape index (κ3) is 3.34. The molecule has 0 saturated heterocycles. The lowest BCUT2D eigenvalue weighted by atomic mass is 10.2. The highest BCUT2D eigenvalue weighted by Crippen LogP contribution is 2.13. The first-order valence-corrected chi connectivity index (χ1v) is 7.81. The van der Waals surface area contributed by atoms with Gasteiger partial charge >= 0.3 is 0 Å². The Morgan fingerprint density at radius 3 is 2.86 bits per heavy atom. The van der Waals surface area contributed by atoms with Crippen LogP contribution in [0.4, 0.5) is 0 Å². The molecule has 0 amide bonds. The van der Waals surface area contributed by atoms with Crippen molar-refractivity contribution in [2.24, 2.45) is 5.10 Å². The van der Waals surface area contributed by atoms with Crippen LogP contribution in [0.1, 0.15) is 21.8 Å². The van der Waals surface area contributed by atoms with Crippen LogP contribution in [0.25, 0.3) is 0 Å². The van der Waals surface area contributed by atoms with Crippen molar-refractivity contribution in [2.45, 2.75) is 13.3 Å². The lowest BCUT2D eigenvalue weighted by molar-refractivity contribution is 0.795. The van der Waals surface area contributed by atoms with Crippen molar-refractivity contribution in [3.8, 4) is 0 Å².